The lowest BCUT2D eigenvalue weighted by atomic mass is 10.1. The molecule has 1 heterocycles. The van der Waals surface area contributed by atoms with Crippen LogP contribution in [0.15, 0.2) is 0 Å². The van der Waals surface area contributed by atoms with Crippen LogP contribution in [-0.2, 0) is 4.79 Å². The maximum Gasteiger partial charge on any atom is 0.222 e. The van der Waals surface area contributed by atoms with Gasteiger partial charge in [0.05, 0.1) is 0 Å². The summed E-state index contributed by atoms with van der Waals surface area (Å²) in [5.74, 6) is 0.971. The number of rotatable bonds is 3. The van der Waals surface area contributed by atoms with Gasteiger partial charge in [-0.1, -0.05) is 34.6 Å². The summed E-state index contributed by atoms with van der Waals surface area (Å²) >= 11 is 0. The number of amides is 1. The molecule has 1 fully saturated rings. The van der Waals surface area contributed by atoms with E-state index in [4.69, 9.17) is 0 Å². The fourth-order valence-electron chi connectivity index (χ4n) is 1.74. The van der Waals surface area contributed by atoms with E-state index in [0.29, 0.717) is 18.2 Å². The van der Waals surface area contributed by atoms with Crippen molar-refractivity contribution in [2.24, 2.45) is 5.92 Å². The van der Waals surface area contributed by atoms with Crippen LogP contribution in [0.25, 0.3) is 0 Å². The second kappa shape index (κ2) is 12.5. The van der Waals surface area contributed by atoms with Crippen molar-refractivity contribution in [3.8, 4) is 0 Å². The number of nitrogens with one attached hydrogen (secondary N) is 1. The highest BCUT2D eigenvalue weighted by Gasteiger charge is 2.24. The van der Waals surface area contributed by atoms with Crippen LogP contribution in [0.3, 0.4) is 0 Å². The third-order valence-electron chi connectivity index (χ3n) is 2.43. The largest absolute Gasteiger partial charge is 0.342 e. The molecule has 0 saturated carbocycles. The van der Waals surface area contributed by atoms with Gasteiger partial charge in [-0.15, -0.1) is 0 Å². The average molecular weight is 230 g/mol. The molecule has 98 valence electrons. The van der Waals surface area contributed by atoms with Gasteiger partial charge in [-0.05, 0) is 25.9 Å². The van der Waals surface area contributed by atoms with Gasteiger partial charge >= 0.3 is 0 Å². The van der Waals surface area contributed by atoms with Gasteiger partial charge < -0.3 is 10.2 Å². The zero-order chi connectivity index (χ0) is 13.0. The second-order valence-corrected chi connectivity index (χ2v) is 3.41. The van der Waals surface area contributed by atoms with Crippen molar-refractivity contribution in [3.05, 3.63) is 0 Å². The van der Waals surface area contributed by atoms with Crippen LogP contribution in [0, 0.1) is 5.92 Å². The highest BCUT2D eigenvalue weighted by Crippen LogP contribution is 2.15. The van der Waals surface area contributed by atoms with Crippen LogP contribution in [0.4, 0.5) is 0 Å². The van der Waals surface area contributed by atoms with E-state index in [1.165, 1.54) is 0 Å². The summed E-state index contributed by atoms with van der Waals surface area (Å²) in [5, 5.41) is 3.15. The Labute approximate surface area is 102 Å². The topological polar surface area (TPSA) is 32.3 Å². The van der Waals surface area contributed by atoms with Crippen molar-refractivity contribution in [2.75, 3.05) is 26.7 Å². The normalized spacial score (nSPS) is 18.1. The highest BCUT2D eigenvalue weighted by molar-refractivity contribution is 5.76. The quantitative estimate of drug-likeness (QED) is 0.808. The van der Waals surface area contributed by atoms with E-state index in [2.05, 4.69) is 5.32 Å². The molecule has 3 nitrogen and oxygen atoms in total. The van der Waals surface area contributed by atoms with E-state index in [1.807, 2.05) is 46.6 Å². The zero-order valence-corrected chi connectivity index (χ0v) is 12.0. The predicted octanol–water partition coefficient (Wildman–Crippen LogP) is 2.52. The minimum atomic E-state index is 0.300. The summed E-state index contributed by atoms with van der Waals surface area (Å²) in [6.45, 7) is 12.9. The summed E-state index contributed by atoms with van der Waals surface area (Å²) in [6.07, 6.45) is 1.80. The molecule has 1 aliphatic rings. The zero-order valence-electron chi connectivity index (χ0n) is 12.0. The molecule has 1 aliphatic heterocycles. The van der Waals surface area contributed by atoms with Gasteiger partial charge in [-0.3, -0.25) is 4.79 Å². The summed E-state index contributed by atoms with van der Waals surface area (Å²) in [5.41, 5.74) is 0. The SMILES string of the molecule is CC.CC.CCC(=O)N1CCC(CNC)C1. The highest BCUT2D eigenvalue weighted by atomic mass is 16.2. The third kappa shape index (κ3) is 6.83. The van der Waals surface area contributed by atoms with Crippen LogP contribution >= 0.6 is 0 Å². The average Bonchev–Trinajstić information content (AvgIpc) is 2.82. The molecule has 1 saturated heterocycles. The maximum absolute atomic E-state index is 11.3. The lowest BCUT2D eigenvalue weighted by Crippen LogP contribution is -2.29. The Balaban J connectivity index is 0. The Morgan fingerprint density at radius 1 is 1.31 bits per heavy atom. The number of hydrogen-bond acceptors (Lipinski definition) is 2. The molecule has 1 N–H and O–H groups in total. The maximum atomic E-state index is 11.3. The van der Waals surface area contributed by atoms with Gasteiger partial charge in [0.1, 0.15) is 0 Å². The lowest BCUT2D eigenvalue weighted by Gasteiger charge is -2.15. The Kier molecular flexibility index (Phi) is 13.9. The summed E-state index contributed by atoms with van der Waals surface area (Å²) in [7, 11) is 1.96. The first kappa shape index (κ1) is 17.8. The number of carbonyl (C=O) groups excluding carboxylic acids is 1. The summed E-state index contributed by atoms with van der Waals surface area (Å²) < 4.78 is 0. The van der Waals surface area contributed by atoms with E-state index >= 15 is 0 Å². The molecule has 1 rings (SSSR count). The fraction of sp³-hybridized carbons (Fsp3) is 0.923. The number of likely N-dealkylation sites (tertiary alicyclic amines) is 1. The minimum Gasteiger partial charge on any atom is -0.342 e. The third-order valence-corrected chi connectivity index (χ3v) is 2.43. The van der Waals surface area contributed by atoms with Crippen LogP contribution in [0.5, 0.6) is 0 Å². The van der Waals surface area contributed by atoms with E-state index in [-0.39, 0.29) is 0 Å². The second-order valence-electron chi connectivity index (χ2n) is 3.41. The molecule has 0 aromatic heterocycles. The first-order valence-electron chi connectivity index (χ1n) is 6.70. The Morgan fingerprint density at radius 3 is 2.31 bits per heavy atom. The molecule has 0 aromatic rings. The molecule has 16 heavy (non-hydrogen) atoms. The van der Waals surface area contributed by atoms with Crippen molar-refractivity contribution in [1.29, 1.82) is 0 Å². The van der Waals surface area contributed by atoms with Crippen LogP contribution in [-0.4, -0.2) is 37.5 Å². The molecular formula is C13H30N2O. The van der Waals surface area contributed by atoms with Gasteiger partial charge in [-0.2, -0.15) is 0 Å². The standard InChI is InChI=1S/C9H18N2O.2C2H6/c1-3-9(12)11-5-4-8(7-11)6-10-2;2*1-2/h8,10H,3-7H2,1-2H3;2*1-2H3. The smallest absolute Gasteiger partial charge is 0.222 e. The summed E-state index contributed by atoms with van der Waals surface area (Å²) in [4.78, 5) is 13.2. The van der Waals surface area contributed by atoms with E-state index in [9.17, 15) is 4.79 Å². The van der Waals surface area contributed by atoms with E-state index in [1.54, 1.807) is 0 Å². The number of hydrogen-bond donors (Lipinski definition) is 1. The number of nitrogens with zero attached hydrogens (tertiary/aromatic N) is 1. The monoisotopic (exact) mass is 230 g/mol. The molecule has 1 unspecified atom stereocenters. The minimum absolute atomic E-state index is 0.300. The molecule has 0 aromatic carbocycles. The van der Waals surface area contributed by atoms with Gasteiger partial charge in [0.25, 0.3) is 0 Å². The molecule has 0 aliphatic carbocycles. The first-order chi connectivity index (χ1) is 7.77. The predicted molar refractivity (Wildman–Crippen MR) is 71.6 cm³/mol. The molecular weight excluding hydrogens is 200 g/mol. The fourth-order valence-corrected chi connectivity index (χ4v) is 1.74. The first-order valence-corrected chi connectivity index (χ1v) is 6.70. The van der Waals surface area contributed by atoms with Crippen molar-refractivity contribution >= 4 is 5.91 Å². The van der Waals surface area contributed by atoms with Gasteiger partial charge in [-0.25, -0.2) is 0 Å². The van der Waals surface area contributed by atoms with Crippen LogP contribution < -0.4 is 5.32 Å². The Morgan fingerprint density at radius 2 is 1.88 bits per heavy atom. The van der Waals surface area contributed by atoms with Crippen LogP contribution in [0.2, 0.25) is 0 Å². The molecule has 0 spiro atoms. The lowest BCUT2D eigenvalue weighted by molar-refractivity contribution is -0.129. The van der Waals surface area contributed by atoms with Crippen molar-refractivity contribution in [2.45, 2.75) is 47.5 Å². The van der Waals surface area contributed by atoms with Gasteiger partial charge in [0.15, 0.2) is 0 Å². The molecule has 0 radical (unpaired) electrons. The van der Waals surface area contributed by atoms with Crippen molar-refractivity contribution in [1.82, 2.24) is 10.2 Å². The van der Waals surface area contributed by atoms with E-state index < -0.39 is 0 Å². The van der Waals surface area contributed by atoms with Gasteiger partial charge in [0, 0.05) is 19.5 Å². The molecule has 0 bridgehead atoms. The molecule has 1 atom stereocenters. The summed E-state index contributed by atoms with van der Waals surface area (Å²) in [6, 6.07) is 0. The van der Waals surface area contributed by atoms with Crippen molar-refractivity contribution in [3.63, 3.8) is 0 Å². The number of carbonyl (C=O) groups is 1. The van der Waals surface area contributed by atoms with Crippen LogP contribution in [0.1, 0.15) is 47.5 Å². The molecule has 1 amide bonds. The van der Waals surface area contributed by atoms with Crippen molar-refractivity contribution < 1.29 is 4.79 Å². The molecule has 3 heteroatoms. The van der Waals surface area contributed by atoms with Gasteiger partial charge in [0.2, 0.25) is 5.91 Å². The Hall–Kier alpha value is -0.570. The van der Waals surface area contributed by atoms with E-state index in [0.717, 1.165) is 26.1 Å². The Bertz CT molecular complexity index is 160.